The number of hydrogen-bond acceptors (Lipinski definition) is 5. The van der Waals surface area contributed by atoms with Crippen LogP contribution in [0, 0.1) is 34.8 Å². The van der Waals surface area contributed by atoms with Crippen molar-refractivity contribution in [3.63, 3.8) is 0 Å². The average molecular weight is 612 g/mol. The number of rotatable bonds is 10. The second kappa shape index (κ2) is 12.3. The first-order valence-corrected chi connectivity index (χ1v) is 14.8. The number of hydrogen-bond donors (Lipinski definition) is 4. The van der Waals surface area contributed by atoms with Gasteiger partial charge in [-0.2, -0.15) is 0 Å². The minimum Gasteiger partial charge on any atom is -0.394 e. The van der Waals surface area contributed by atoms with Crippen molar-refractivity contribution in [1.29, 1.82) is 0 Å². The van der Waals surface area contributed by atoms with Gasteiger partial charge in [0.05, 0.1) is 29.2 Å². The van der Waals surface area contributed by atoms with E-state index in [1.165, 1.54) is 6.08 Å². The SMILES string of the molecule is CC(C)CC(C)(C)C[C@H]1N(C)[C@@H](C(=O)NCC[C@H](O)CO)[C@H](C2C=CC=C(Cl)C2F)[C@@]12C(=O)Nc1cc(F)c(F)cc12. The first kappa shape index (κ1) is 32.5. The molecular weight excluding hydrogens is 571 g/mol. The zero-order valence-electron chi connectivity index (χ0n) is 24.6. The van der Waals surface area contributed by atoms with E-state index >= 15 is 4.39 Å². The van der Waals surface area contributed by atoms with Crippen LogP contribution in [0.1, 0.15) is 52.5 Å². The van der Waals surface area contributed by atoms with Gasteiger partial charge in [0.15, 0.2) is 11.6 Å². The number of alkyl halides is 1. The maximum atomic E-state index is 16.1. The number of aliphatic hydroxyl groups is 2. The number of carbonyl (C=O) groups excluding carboxylic acids is 2. The van der Waals surface area contributed by atoms with E-state index in [9.17, 15) is 28.6 Å². The zero-order valence-corrected chi connectivity index (χ0v) is 25.4. The summed E-state index contributed by atoms with van der Waals surface area (Å²) in [5.74, 6) is -5.14. The van der Waals surface area contributed by atoms with Gasteiger partial charge in [-0.05, 0) is 55.3 Å². The highest BCUT2D eigenvalue weighted by atomic mass is 35.5. The highest BCUT2D eigenvalue weighted by Gasteiger charge is 2.70. The molecule has 2 amide bonds. The summed E-state index contributed by atoms with van der Waals surface area (Å²) in [6, 6.07) is 0.161. The van der Waals surface area contributed by atoms with E-state index in [2.05, 4.69) is 38.3 Å². The molecule has 1 spiro atoms. The van der Waals surface area contributed by atoms with Crippen LogP contribution < -0.4 is 10.6 Å². The van der Waals surface area contributed by atoms with E-state index < -0.39 is 71.7 Å². The van der Waals surface area contributed by atoms with Gasteiger partial charge in [0.2, 0.25) is 11.8 Å². The summed E-state index contributed by atoms with van der Waals surface area (Å²) in [5, 5.41) is 24.4. The van der Waals surface area contributed by atoms with Crippen LogP contribution in [0.2, 0.25) is 0 Å². The average Bonchev–Trinajstić information content (AvgIpc) is 3.31. The second-order valence-electron chi connectivity index (χ2n) is 13.1. The quantitative estimate of drug-likeness (QED) is 0.314. The van der Waals surface area contributed by atoms with E-state index in [4.69, 9.17) is 11.6 Å². The first-order valence-electron chi connectivity index (χ1n) is 14.4. The van der Waals surface area contributed by atoms with Gasteiger partial charge in [0.1, 0.15) is 6.17 Å². The molecule has 11 heteroatoms. The summed E-state index contributed by atoms with van der Waals surface area (Å²) in [6.45, 7) is 7.84. The Morgan fingerprint density at radius 3 is 2.57 bits per heavy atom. The number of nitrogens with zero attached hydrogens (tertiary/aromatic N) is 1. The summed E-state index contributed by atoms with van der Waals surface area (Å²) in [7, 11) is 1.70. The molecule has 7 atom stereocenters. The standard InChI is InChI=1S/C31H41ClF3N3O4/c1-16(2)13-30(3,4)14-24-31(19-11-21(33)22(34)12-23(19)37-29(31)42)25(18-7-6-8-20(32)26(18)35)27(38(24)5)28(41)36-10-9-17(40)15-39/h6-8,11-12,16-18,24-27,39-40H,9-10,13-15H2,1-5H3,(H,36,41)(H,37,42)/t17-,18?,24+,25-,26?,27+,31-/m0/s1. The summed E-state index contributed by atoms with van der Waals surface area (Å²) in [4.78, 5) is 30.1. The predicted octanol–water partition coefficient (Wildman–Crippen LogP) is 4.42. The molecule has 1 aromatic rings. The van der Waals surface area contributed by atoms with E-state index in [-0.39, 0.29) is 34.7 Å². The molecule has 2 aliphatic heterocycles. The summed E-state index contributed by atoms with van der Waals surface area (Å²) < 4.78 is 45.4. The van der Waals surface area contributed by atoms with Crippen LogP contribution in [-0.4, -0.2) is 71.5 Å². The van der Waals surface area contributed by atoms with Crippen molar-refractivity contribution in [3.8, 4) is 0 Å². The van der Waals surface area contributed by atoms with Crippen molar-refractivity contribution in [1.82, 2.24) is 10.2 Å². The Hall–Kier alpha value is -2.40. The number of halogens is 4. The van der Waals surface area contributed by atoms with Gasteiger partial charge < -0.3 is 20.8 Å². The Labute approximate surface area is 250 Å². The van der Waals surface area contributed by atoms with Crippen LogP contribution in [0.25, 0.3) is 0 Å². The van der Waals surface area contributed by atoms with Gasteiger partial charge in [0.25, 0.3) is 0 Å². The third-order valence-corrected chi connectivity index (χ3v) is 9.35. The number of anilines is 1. The van der Waals surface area contributed by atoms with Crippen LogP contribution in [0.4, 0.5) is 18.9 Å². The molecule has 2 unspecified atom stereocenters. The lowest BCUT2D eigenvalue weighted by Crippen LogP contribution is -2.54. The molecule has 0 aromatic heterocycles. The lowest BCUT2D eigenvalue weighted by Gasteiger charge is -2.42. The van der Waals surface area contributed by atoms with Gasteiger partial charge >= 0.3 is 0 Å². The van der Waals surface area contributed by atoms with Gasteiger partial charge in [-0.1, -0.05) is 51.4 Å². The van der Waals surface area contributed by atoms with E-state index in [0.29, 0.717) is 12.3 Å². The number of nitrogens with one attached hydrogen (secondary N) is 2. The monoisotopic (exact) mass is 611 g/mol. The predicted molar refractivity (Wildman–Crippen MR) is 156 cm³/mol. The highest BCUT2D eigenvalue weighted by Crippen LogP contribution is 2.59. The highest BCUT2D eigenvalue weighted by molar-refractivity contribution is 6.30. The Kier molecular flexibility index (Phi) is 9.52. The molecule has 3 aliphatic rings. The lowest BCUT2D eigenvalue weighted by atomic mass is 9.59. The minimum absolute atomic E-state index is 0.0248. The molecule has 1 saturated heterocycles. The minimum atomic E-state index is -1.75. The van der Waals surface area contributed by atoms with Crippen molar-refractivity contribution < 1.29 is 33.0 Å². The largest absolute Gasteiger partial charge is 0.394 e. The maximum absolute atomic E-state index is 16.1. The van der Waals surface area contributed by atoms with E-state index in [1.807, 2.05) is 0 Å². The normalized spacial score (nSPS) is 30.0. The molecule has 0 saturated carbocycles. The van der Waals surface area contributed by atoms with Crippen molar-refractivity contribution in [3.05, 3.63) is 52.6 Å². The number of fused-ring (bicyclic) bond motifs is 2. The van der Waals surface area contributed by atoms with Crippen LogP contribution >= 0.6 is 11.6 Å². The van der Waals surface area contributed by atoms with Crippen LogP contribution in [0.3, 0.4) is 0 Å². The smallest absolute Gasteiger partial charge is 0.237 e. The molecule has 0 bridgehead atoms. The molecule has 4 rings (SSSR count). The Morgan fingerprint density at radius 1 is 1.26 bits per heavy atom. The topological polar surface area (TPSA) is 102 Å². The Bertz CT molecular complexity index is 1270. The van der Waals surface area contributed by atoms with Crippen molar-refractivity contribution in [2.75, 3.05) is 25.5 Å². The number of allylic oxidation sites excluding steroid dienone is 4. The van der Waals surface area contributed by atoms with Crippen LogP contribution in [0.5, 0.6) is 0 Å². The Morgan fingerprint density at radius 2 is 1.93 bits per heavy atom. The van der Waals surface area contributed by atoms with Gasteiger partial charge in [-0.25, -0.2) is 13.2 Å². The van der Waals surface area contributed by atoms with Gasteiger partial charge in [-0.3, -0.25) is 14.5 Å². The fraction of sp³-hybridized carbons (Fsp3) is 0.613. The van der Waals surface area contributed by atoms with Gasteiger partial charge in [-0.15, -0.1) is 0 Å². The second-order valence-corrected chi connectivity index (χ2v) is 13.5. The van der Waals surface area contributed by atoms with Crippen LogP contribution in [-0.2, 0) is 15.0 Å². The molecular formula is C31H41ClF3N3O4. The zero-order chi connectivity index (χ0) is 31.1. The third kappa shape index (κ3) is 5.75. The Balaban J connectivity index is 1.93. The summed E-state index contributed by atoms with van der Waals surface area (Å²) in [6.07, 6.45) is 3.06. The molecule has 7 nitrogen and oxygen atoms in total. The summed E-state index contributed by atoms with van der Waals surface area (Å²) in [5.41, 5.74) is -1.70. The number of likely N-dealkylation sites (N-methyl/N-ethyl adjacent to an activating group) is 1. The molecule has 42 heavy (non-hydrogen) atoms. The fourth-order valence-corrected chi connectivity index (χ4v) is 7.85. The van der Waals surface area contributed by atoms with E-state index in [1.54, 1.807) is 24.1 Å². The molecule has 4 N–H and O–H groups in total. The molecule has 1 aromatic carbocycles. The molecule has 232 valence electrons. The lowest BCUT2D eigenvalue weighted by molar-refractivity contribution is -0.127. The molecule has 1 aliphatic carbocycles. The number of amides is 2. The third-order valence-electron chi connectivity index (χ3n) is 9.02. The van der Waals surface area contributed by atoms with E-state index in [0.717, 1.165) is 18.6 Å². The first-order chi connectivity index (χ1) is 19.6. The van der Waals surface area contributed by atoms with Gasteiger partial charge in [0, 0.05) is 36.2 Å². The molecule has 2 heterocycles. The van der Waals surface area contributed by atoms with Crippen molar-refractivity contribution in [2.24, 2.45) is 23.2 Å². The molecule has 1 fully saturated rings. The van der Waals surface area contributed by atoms with Crippen molar-refractivity contribution >= 4 is 29.1 Å². The fourth-order valence-electron chi connectivity index (χ4n) is 7.63. The maximum Gasteiger partial charge on any atom is 0.237 e. The summed E-state index contributed by atoms with van der Waals surface area (Å²) >= 11 is 6.28. The number of benzene rings is 1. The van der Waals surface area contributed by atoms with Crippen molar-refractivity contribution in [2.45, 2.75) is 76.7 Å². The number of aliphatic hydroxyl groups excluding tert-OH is 2. The number of carbonyl (C=O) groups is 2. The molecule has 0 radical (unpaired) electrons. The number of likely N-dealkylation sites (tertiary alicyclic amines) is 1. The van der Waals surface area contributed by atoms with Crippen LogP contribution in [0.15, 0.2) is 35.4 Å².